The van der Waals surface area contributed by atoms with Gasteiger partial charge in [-0.3, -0.25) is 0 Å². The van der Waals surface area contributed by atoms with E-state index in [1.54, 1.807) is 77.2 Å². The van der Waals surface area contributed by atoms with E-state index in [4.69, 9.17) is 0 Å². The van der Waals surface area contributed by atoms with Crippen molar-refractivity contribution in [2.75, 3.05) is 0 Å². The third-order valence-electron chi connectivity index (χ3n) is 13.5. The van der Waals surface area contributed by atoms with Crippen LogP contribution in [0.3, 0.4) is 0 Å². The van der Waals surface area contributed by atoms with Crippen LogP contribution in [-0.4, -0.2) is 0 Å². The number of unbranched alkanes of at least 4 members (excludes halogenated alkanes) is 2. The summed E-state index contributed by atoms with van der Waals surface area (Å²) >= 11 is -2.88. The van der Waals surface area contributed by atoms with Crippen molar-refractivity contribution >= 4 is 33.7 Å². The molecule has 2 atom stereocenters. The summed E-state index contributed by atoms with van der Waals surface area (Å²) < 4.78 is 3.59. The van der Waals surface area contributed by atoms with Crippen molar-refractivity contribution in [2.45, 2.75) is 109 Å². The van der Waals surface area contributed by atoms with Gasteiger partial charge in [0, 0.05) is 0 Å². The van der Waals surface area contributed by atoms with Gasteiger partial charge in [-0.15, -0.1) is 0 Å². The Morgan fingerprint density at radius 2 is 1.05 bits per heavy atom. The Hall–Kier alpha value is -2.41. The predicted molar refractivity (Wildman–Crippen MR) is 182 cm³/mol. The second-order valence-corrected chi connectivity index (χ2v) is 22.5. The number of hydrogen-bond acceptors (Lipinski definition) is 0. The van der Waals surface area contributed by atoms with E-state index in [1.165, 1.54) is 73.7 Å². The van der Waals surface area contributed by atoms with Crippen molar-refractivity contribution in [3.05, 3.63) is 104 Å². The minimum atomic E-state index is -2.88. The van der Waals surface area contributed by atoms with Gasteiger partial charge in [0.15, 0.2) is 0 Å². The fourth-order valence-electron chi connectivity index (χ4n) is 11.9. The first-order valence-corrected chi connectivity index (χ1v) is 21.3. The van der Waals surface area contributed by atoms with E-state index in [1.807, 2.05) is 0 Å². The first-order valence-electron chi connectivity index (χ1n) is 17.5. The molecule has 5 aliphatic rings. The molecule has 0 nitrogen and oxygen atoms in total. The van der Waals surface area contributed by atoms with Crippen LogP contribution >= 0.6 is 0 Å². The topological polar surface area (TPSA) is 0 Å². The number of aryl methyl sites for hydroxylation is 4. The zero-order valence-corrected chi connectivity index (χ0v) is 28.3. The molecule has 1 aliphatic heterocycles. The molecule has 0 N–H and O–H groups in total. The summed E-state index contributed by atoms with van der Waals surface area (Å²) in [6.07, 6.45) is 18.5. The molecular formula is C42H46Ti. The summed E-state index contributed by atoms with van der Waals surface area (Å²) in [4.78, 5) is 0. The molecule has 1 fully saturated rings. The van der Waals surface area contributed by atoms with Crippen molar-refractivity contribution in [1.82, 2.24) is 0 Å². The van der Waals surface area contributed by atoms with E-state index >= 15 is 0 Å². The van der Waals surface area contributed by atoms with Crippen molar-refractivity contribution in [3.8, 4) is 0 Å². The standard InChI is InChI=1S/C34H28.2C4H9.Ti/c1-19-15-29-27-7-3-5-21-9-11-23(33(21)27)17-31(29)25(19)13-14-26-20(2)16-30-28-8-4-6-22-10-12-24(34(22)28)18-32(26)30;2*1-3-4-2;/h3-8,15-18H,9-14H2,1-2H3;2*1,3-4H2,2H3;. The van der Waals surface area contributed by atoms with Crippen molar-refractivity contribution in [2.24, 2.45) is 0 Å². The van der Waals surface area contributed by atoms with Gasteiger partial charge >= 0.3 is 263 Å². The van der Waals surface area contributed by atoms with Crippen LogP contribution in [0.5, 0.6) is 0 Å². The average molecular weight is 599 g/mol. The zero-order chi connectivity index (χ0) is 29.1. The summed E-state index contributed by atoms with van der Waals surface area (Å²) in [6, 6.07) is 20.0. The van der Waals surface area contributed by atoms with Crippen LogP contribution in [0.1, 0.15) is 111 Å². The maximum atomic E-state index is 2.79. The SMILES string of the molecule is CCC[CH2][Ti]1([CH2]CCC)[C]2(CC[C]13C(C)=Cc1c3cc3c4c(cccc14)CC3)C(C)=Cc1c2cc2c3c(cccc13)CC2. The monoisotopic (exact) mass is 598 g/mol. The molecule has 218 valence electrons. The molecule has 2 unspecified atom stereocenters. The van der Waals surface area contributed by atoms with Gasteiger partial charge in [-0.25, -0.2) is 0 Å². The van der Waals surface area contributed by atoms with E-state index in [9.17, 15) is 0 Å². The Balaban J connectivity index is 1.37. The first-order chi connectivity index (χ1) is 21.0. The summed E-state index contributed by atoms with van der Waals surface area (Å²) in [5.41, 5.74) is 16.7. The number of hydrogen-bond donors (Lipinski definition) is 0. The molecule has 0 saturated carbocycles. The third-order valence-corrected chi connectivity index (χ3v) is 25.2. The van der Waals surface area contributed by atoms with Crippen molar-refractivity contribution < 1.29 is 16.6 Å². The predicted octanol–water partition coefficient (Wildman–Crippen LogP) is 11.5. The minimum absolute atomic E-state index is 0.289. The molecule has 0 aromatic heterocycles. The zero-order valence-electron chi connectivity index (χ0n) is 26.8. The van der Waals surface area contributed by atoms with Crippen molar-refractivity contribution in [3.63, 3.8) is 0 Å². The molecule has 2 spiro atoms. The third kappa shape index (κ3) is 3.09. The molecular weight excluding hydrogens is 552 g/mol. The van der Waals surface area contributed by atoms with E-state index in [0.29, 0.717) is 0 Å². The summed E-state index contributed by atoms with van der Waals surface area (Å²) in [7, 11) is 0. The number of rotatable bonds is 6. The molecule has 1 saturated heterocycles. The van der Waals surface area contributed by atoms with Gasteiger partial charge in [0.1, 0.15) is 0 Å². The van der Waals surface area contributed by atoms with Crippen molar-refractivity contribution in [1.29, 1.82) is 0 Å². The van der Waals surface area contributed by atoms with Crippen LogP contribution in [0.4, 0.5) is 0 Å². The average Bonchev–Trinajstić information content (AvgIpc) is 3.82. The van der Waals surface area contributed by atoms with E-state index in [0.717, 1.165) is 0 Å². The van der Waals surface area contributed by atoms with Crippen LogP contribution in [0.2, 0.25) is 9.45 Å². The Bertz CT molecular complexity index is 1790. The maximum absolute atomic E-state index is 2.88. The van der Waals surface area contributed by atoms with E-state index in [-0.39, 0.29) is 7.44 Å². The van der Waals surface area contributed by atoms with Gasteiger partial charge in [0.25, 0.3) is 0 Å². The van der Waals surface area contributed by atoms with Gasteiger partial charge < -0.3 is 0 Å². The Labute approximate surface area is 262 Å². The molecule has 1 heteroatoms. The summed E-state index contributed by atoms with van der Waals surface area (Å²) in [6.45, 7) is 10.1. The van der Waals surface area contributed by atoms with E-state index < -0.39 is 16.6 Å². The van der Waals surface area contributed by atoms with Crippen LogP contribution in [0, 0.1) is 0 Å². The Morgan fingerprint density at radius 3 is 1.49 bits per heavy atom. The molecule has 9 rings (SSSR count). The van der Waals surface area contributed by atoms with Crippen LogP contribution in [0.15, 0.2) is 59.7 Å². The molecule has 4 aliphatic carbocycles. The van der Waals surface area contributed by atoms with E-state index in [2.05, 4.69) is 88.4 Å². The molecule has 4 aromatic carbocycles. The van der Waals surface area contributed by atoms with Crippen LogP contribution in [0.25, 0.3) is 33.7 Å². The normalized spacial score (nSPS) is 25.4. The Morgan fingerprint density at radius 1 is 0.605 bits per heavy atom. The van der Waals surface area contributed by atoms with Gasteiger partial charge in [0.05, 0.1) is 0 Å². The first kappa shape index (κ1) is 27.0. The van der Waals surface area contributed by atoms with Crippen LogP contribution in [-0.2, 0) is 49.7 Å². The molecule has 0 bridgehead atoms. The molecule has 1 heterocycles. The number of allylic oxidation sites excluding steroid dienone is 2. The molecule has 0 amide bonds. The van der Waals surface area contributed by atoms with Gasteiger partial charge in [-0.1, -0.05) is 0 Å². The summed E-state index contributed by atoms with van der Waals surface area (Å²) in [5.74, 6) is 0. The quantitative estimate of drug-likeness (QED) is 0.194. The Kier molecular flexibility index (Phi) is 5.83. The molecule has 0 radical (unpaired) electrons. The van der Waals surface area contributed by atoms with Gasteiger partial charge in [-0.2, -0.15) is 0 Å². The van der Waals surface area contributed by atoms with Gasteiger partial charge in [-0.05, 0) is 0 Å². The number of benzene rings is 4. The number of fused-ring (bicyclic) bond motifs is 6. The molecule has 4 aromatic rings. The second kappa shape index (κ2) is 9.31. The van der Waals surface area contributed by atoms with Gasteiger partial charge in [0.2, 0.25) is 0 Å². The fraction of sp³-hybridized carbons (Fsp3) is 0.429. The van der Waals surface area contributed by atoms with Crippen LogP contribution < -0.4 is 0 Å². The summed E-state index contributed by atoms with van der Waals surface area (Å²) in [5, 5.41) is 6.33. The second-order valence-electron chi connectivity index (χ2n) is 14.9. The fourth-order valence-corrected chi connectivity index (χ4v) is 25.8. The molecule has 43 heavy (non-hydrogen) atoms.